The highest BCUT2D eigenvalue weighted by molar-refractivity contribution is 9.10. The van der Waals surface area contributed by atoms with Crippen LogP contribution in [0.25, 0.3) is 0 Å². The van der Waals surface area contributed by atoms with Crippen LogP contribution < -0.4 is 10.0 Å². The van der Waals surface area contributed by atoms with E-state index in [-0.39, 0.29) is 27.3 Å². The van der Waals surface area contributed by atoms with E-state index < -0.39 is 21.7 Å². The number of aryl methyl sites for hydroxylation is 1. The second-order valence-electron chi connectivity index (χ2n) is 5.43. The van der Waals surface area contributed by atoms with Crippen molar-refractivity contribution in [3.63, 3.8) is 0 Å². The summed E-state index contributed by atoms with van der Waals surface area (Å²) in [5.74, 6) is -1.74. The number of benzene rings is 2. The molecule has 0 spiro atoms. The standard InChI is InChI=1S/C16H12BrFN2O4S/c17-12-4-1-10(8-13(12)18)16(22)20-25(23,24)11-3-5-14-9(7-11)2-6-15(21)19-14/h1,3-5,7-8H,2,6H2,(H,19,21)(H,20,22). The summed E-state index contributed by atoms with van der Waals surface area (Å²) in [7, 11) is -4.12. The van der Waals surface area contributed by atoms with E-state index in [1.54, 1.807) is 0 Å². The van der Waals surface area contributed by atoms with E-state index in [1.165, 1.54) is 30.3 Å². The molecule has 1 aliphatic heterocycles. The van der Waals surface area contributed by atoms with Crippen LogP contribution in [-0.2, 0) is 21.2 Å². The lowest BCUT2D eigenvalue weighted by atomic mass is 10.0. The van der Waals surface area contributed by atoms with Gasteiger partial charge in [-0.15, -0.1) is 0 Å². The number of rotatable bonds is 3. The number of amides is 2. The fourth-order valence-electron chi connectivity index (χ4n) is 2.40. The number of hydrogen-bond donors (Lipinski definition) is 2. The first-order chi connectivity index (χ1) is 11.8. The third kappa shape index (κ3) is 3.72. The zero-order valence-electron chi connectivity index (χ0n) is 12.7. The third-order valence-corrected chi connectivity index (χ3v) is 5.66. The lowest BCUT2D eigenvalue weighted by Gasteiger charge is -2.17. The molecule has 0 aromatic heterocycles. The van der Waals surface area contributed by atoms with Crippen molar-refractivity contribution in [1.29, 1.82) is 0 Å². The summed E-state index contributed by atoms with van der Waals surface area (Å²) in [6.07, 6.45) is 0.678. The monoisotopic (exact) mass is 426 g/mol. The van der Waals surface area contributed by atoms with Gasteiger partial charge in [-0.3, -0.25) is 9.59 Å². The van der Waals surface area contributed by atoms with Crippen LogP contribution in [0.3, 0.4) is 0 Å². The number of anilines is 1. The molecule has 2 N–H and O–H groups in total. The highest BCUT2D eigenvalue weighted by atomic mass is 79.9. The number of sulfonamides is 1. The van der Waals surface area contributed by atoms with E-state index in [9.17, 15) is 22.4 Å². The lowest BCUT2D eigenvalue weighted by Crippen LogP contribution is -2.31. The summed E-state index contributed by atoms with van der Waals surface area (Å²) < 4.78 is 40.4. The maximum atomic E-state index is 13.5. The molecular formula is C16H12BrFN2O4S. The summed E-state index contributed by atoms with van der Waals surface area (Å²) in [5.41, 5.74) is 1.11. The molecule has 0 saturated heterocycles. The van der Waals surface area contributed by atoms with Crippen molar-refractivity contribution in [2.45, 2.75) is 17.7 Å². The molecule has 0 atom stereocenters. The first kappa shape index (κ1) is 17.6. The number of carbonyl (C=O) groups excluding carboxylic acids is 2. The molecule has 0 saturated carbocycles. The van der Waals surface area contributed by atoms with Gasteiger partial charge in [0.25, 0.3) is 15.9 Å². The largest absolute Gasteiger partial charge is 0.326 e. The molecule has 0 bridgehead atoms. The minimum Gasteiger partial charge on any atom is -0.326 e. The van der Waals surface area contributed by atoms with Gasteiger partial charge in [-0.25, -0.2) is 17.5 Å². The highest BCUT2D eigenvalue weighted by Gasteiger charge is 2.22. The SMILES string of the molecule is O=C1CCc2cc(S(=O)(=O)NC(=O)c3ccc(Br)c(F)c3)ccc2N1. The van der Waals surface area contributed by atoms with E-state index in [4.69, 9.17) is 0 Å². The highest BCUT2D eigenvalue weighted by Crippen LogP contribution is 2.25. The molecule has 0 radical (unpaired) electrons. The Morgan fingerprint density at radius 1 is 1.16 bits per heavy atom. The van der Waals surface area contributed by atoms with Crippen LogP contribution in [0.4, 0.5) is 10.1 Å². The van der Waals surface area contributed by atoms with Gasteiger partial charge in [0, 0.05) is 17.7 Å². The van der Waals surface area contributed by atoms with Gasteiger partial charge in [0.15, 0.2) is 0 Å². The van der Waals surface area contributed by atoms with Crippen LogP contribution >= 0.6 is 15.9 Å². The molecule has 0 fully saturated rings. The van der Waals surface area contributed by atoms with E-state index >= 15 is 0 Å². The summed E-state index contributed by atoms with van der Waals surface area (Å²) in [6, 6.07) is 7.75. The zero-order valence-corrected chi connectivity index (χ0v) is 15.1. The van der Waals surface area contributed by atoms with Gasteiger partial charge in [-0.2, -0.15) is 0 Å². The van der Waals surface area contributed by atoms with Crippen LogP contribution in [0.1, 0.15) is 22.3 Å². The molecule has 0 aliphatic carbocycles. The molecule has 25 heavy (non-hydrogen) atoms. The Bertz CT molecular complexity index is 992. The van der Waals surface area contributed by atoms with E-state index in [0.29, 0.717) is 17.7 Å². The van der Waals surface area contributed by atoms with Crippen molar-refractivity contribution in [1.82, 2.24) is 4.72 Å². The Morgan fingerprint density at radius 3 is 2.64 bits per heavy atom. The van der Waals surface area contributed by atoms with Crippen molar-refractivity contribution in [2.75, 3.05) is 5.32 Å². The van der Waals surface area contributed by atoms with Gasteiger partial charge in [-0.1, -0.05) is 0 Å². The van der Waals surface area contributed by atoms with E-state index in [1.807, 2.05) is 4.72 Å². The maximum absolute atomic E-state index is 13.5. The van der Waals surface area contributed by atoms with Crippen LogP contribution in [0, 0.1) is 5.82 Å². The predicted octanol–water partition coefficient (Wildman–Crippen LogP) is 2.59. The first-order valence-electron chi connectivity index (χ1n) is 7.21. The molecule has 9 heteroatoms. The molecule has 130 valence electrons. The van der Waals surface area contributed by atoms with Crippen molar-refractivity contribution in [3.8, 4) is 0 Å². The average molecular weight is 427 g/mol. The second-order valence-corrected chi connectivity index (χ2v) is 7.97. The molecule has 2 amide bonds. The van der Waals surface area contributed by atoms with Crippen LogP contribution in [0.5, 0.6) is 0 Å². The summed E-state index contributed by atoms with van der Waals surface area (Å²) in [5, 5.41) is 2.65. The zero-order chi connectivity index (χ0) is 18.2. The molecule has 0 unspecified atom stereocenters. The molecule has 2 aromatic rings. The number of nitrogens with one attached hydrogen (secondary N) is 2. The Labute approximate surface area is 151 Å². The lowest BCUT2D eigenvalue weighted by molar-refractivity contribution is -0.116. The fourth-order valence-corrected chi connectivity index (χ4v) is 3.68. The van der Waals surface area contributed by atoms with Crippen molar-refractivity contribution < 1.29 is 22.4 Å². The molecule has 3 rings (SSSR count). The summed E-state index contributed by atoms with van der Waals surface area (Å²) in [4.78, 5) is 23.3. The van der Waals surface area contributed by atoms with Crippen LogP contribution in [0.15, 0.2) is 45.8 Å². The minimum atomic E-state index is -4.12. The maximum Gasteiger partial charge on any atom is 0.265 e. The number of fused-ring (bicyclic) bond motifs is 1. The van der Waals surface area contributed by atoms with E-state index in [0.717, 1.165) is 6.07 Å². The van der Waals surface area contributed by atoms with Gasteiger partial charge in [0.1, 0.15) is 5.82 Å². The van der Waals surface area contributed by atoms with Crippen molar-refractivity contribution in [3.05, 3.63) is 57.8 Å². The smallest absolute Gasteiger partial charge is 0.265 e. The molecule has 2 aromatic carbocycles. The molecule has 6 nitrogen and oxygen atoms in total. The first-order valence-corrected chi connectivity index (χ1v) is 9.49. The number of carbonyl (C=O) groups is 2. The van der Waals surface area contributed by atoms with Crippen LogP contribution in [0.2, 0.25) is 0 Å². The number of halogens is 2. The summed E-state index contributed by atoms with van der Waals surface area (Å²) in [6.45, 7) is 0. The topological polar surface area (TPSA) is 92.3 Å². The molecular weight excluding hydrogens is 415 g/mol. The van der Waals surface area contributed by atoms with Gasteiger partial charge in [0.05, 0.1) is 9.37 Å². The quantitative estimate of drug-likeness (QED) is 0.788. The average Bonchev–Trinajstić information content (AvgIpc) is 2.56. The van der Waals surface area contributed by atoms with Gasteiger partial charge < -0.3 is 5.32 Å². The normalized spacial score (nSPS) is 13.8. The Balaban J connectivity index is 1.85. The summed E-state index contributed by atoms with van der Waals surface area (Å²) >= 11 is 2.96. The predicted molar refractivity (Wildman–Crippen MR) is 92.1 cm³/mol. The Morgan fingerprint density at radius 2 is 1.92 bits per heavy atom. The van der Waals surface area contributed by atoms with Crippen molar-refractivity contribution >= 4 is 43.5 Å². The van der Waals surface area contributed by atoms with Gasteiger partial charge in [-0.05, 0) is 64.3 Å². The third-order valence-electron chi connectivity index (χ3n) is 3.69. The van der Waals surface area contributed by atoms with Gasteiger partial charge in [0.2, 0.25) is 5.91 Å². The minimum absolute atomic E-state index is 0.103. The fraction of sp³-hybridized carbons (Fsp3) is 0.125. The number of hydrogen-bond acceptors (Lipinski definition) is 4. The van der Waals surface area contributed by atoms with Gasteiger partial charge >= 0.3 is 0 Å². The second kappa shape index (κ2) is 6.57. The Hall–Kier alpha value is -2.26. The van der Waals surface area contributed by atoms with E-state index in [2.05, 4.69) is 21.2 Å². The van der Waals surface area contributed by atoms with Crippen LogP contribution in [-0.4, -0.2) is 20.2 Å². The van der Waals surface area contributed by atoms with Crippen molar-refractivity contribution in [2.24, 2.45) is 0 Å². The molecule has 1 aliphatic rings. The molecule has 1 heterocycles. The Kier molecular flexibility index (Phi) is 4.61.